The number of nitrogens with zero attached hydrogens (tertiary/aromatic N) is 6. The zero-order valence-corrected chi connectivity index (χ0v) is 33.4. The number of hydrogen-bond acceptors (Lipinski definition) is 2. The molecule has 8 bridgehead atoms. The molecule has 2 aliphatic heterocycles. The molecule has 0 fully saturated rings. The predicted molar refractivity (Wildman–Crippen MR) is 225 cm³/mol. The van der Waals surface area contributed by atoms with Crippen LogP contribution in [0.5, 0.6) is 0 Å². The summed E-state index contributed by atoms with van der Waals surface area (Å²) >= 11 is 0.00694. The van der Waals surface area contributed by atoms with Crippen molar-refractivity contribution in [3.63, 3.8) is 0 Å². The first-order chi connectivity index (χ1) is 26.8. The first kappa shape index (κ1) is 36.3. The molecule has 9 heterocycles. The summed E-state index contributed by atoms with van der Waals surface area (Å²) in [5.41, 5.74) is 15.9. The van der Waals surface area contributed by atoms with Crippen molar-refractivity contribution in [2.75, 3.05) is 0 Å². The minimum atomic E-state index is 0. The summed E-state index contributed by atoms with van der Waals surface area (Å²) in [6.07, 6.45) is 25.2. The number of fused-ring (bicyclic) bond motifs is 8. The quantitative estimate of drug-likeness (QED) is 0.138. The van der Waals surface area contributed by atoms with Gasteiger partial charge in [0.1, 0.15) is 28.2 Å². The average molecular weight is 821 g/mol. The molecule has 8 nitrogen and oxygen atoms in total. The van der Waals surface area contributed by atoms with E-state index >= 15 is 0 Å². The fourth-order valence-corrected chi connectivity index (χ4v) is 7.09. The van der Waals surface area contributed by atoms with Crippen LogP contribution in [0.4, 0.5) is 0 Å². The number of aromatic nitrogens is 8. The number of aryl methyl sites for hydroxylation is 4. The van der Waals surface area contributed by atoms with Crippen molar-refractivity contribution in [3.8, 4) is 44.5 Å². The van der Waals surface area contributed by atoms with E-state index in [-0.39, 0.29) is 18.8 Å². The molecule has 0 radical (unpaired) electrons. The van der Waals surface area contributed by atoms with Gasteiger partial charge in [0.25, 0.3) is 0 Å². The summed E-state index contributed by atoms with van der Waals surface area (Å²) < 4.78 is 8.20. The van der Waals surface area contributed by atoms with Gasteiger partial charge in [0.15, 0.2) is 49.6 Å². The van der Waals surface area contributed by atoms with Crippen LogP contribution in [0.25, 0.3) is 90.9 Å². The third-order valence-corrected chi connectivity index (χ3v) is 9.82. The number of aromatic amines is 2. The summed E-state index contributed by atoms with van der Waals surface area (Å²) in [6, 6.07) is 25.8. The molecule has 0 saturated heterocycles. The molecule has 0 aliphatic carbocycles. The Morgan fingerprint density at radius 1 is 0.400 bits per heavy atom. The maximum absolute atomic E-state index is 5.39. The molecule has 2 aliphatic rings. The maximum atomic E-state index is 5.39. The van der Waals surface area contributed by atoms with Crippen molar-refractivity contribution in [2.24, 2.45) is 28.2 Å². The SMILES string of the molecule is C[n+]1ccc(-c2c3nc(c(-c4cc[n+](C)cc4)c4ccc([nH]4)c(-c4cc[n+](C)cc4)c4nc(c(-c5cc[n+](C)cc5)c5ccc2[nH]5)C=C4)C=C3)cc1.[3HH].[3HH].[3HH].[3HH].[Cl][Mn][Cl]. The van der Waals surface area contributed by atoms with E-state index in [4.69, 9.17) is 30.2 Å². The molecule has 0 amide bonds. The number of halogens is 2. The van der Waals surface area contributed by atoms with Gasteiger partial charge in [0.05, 0.1) is 22.8 Å². The van der Waals surface area contributed by atoms with E-state index in [2.05, 4.69) is 157 Å². The Balaban J connectivity index is 0.00000107. The van der Waals surface area contributed by atoms with Crippen LogP contribution in [-0.4, -0.2) is 19.9 Å². The monoisotopic (exact) mass is 819 g/mol. The fraction of sp³-hybridized carbons (Fsp3) is 0.0909. The van der Waals surface area contributed by atoms with Crippen LogP contribution >= 0.6 is 20.2 Å². The topological polar surface area (TPSA) is 72.9 Å². The fourth-order valence-electron chi connectivity index (χ4n) is 7.09. The van der Waals surface area contributed by atoms with E-state index < -0.39 is 0 Å². The summed E-state index contributed by atoms with van der Waals surface area (Å²) in [5.74, 6) is 0. The molecule has 11 heteroatoms. The van der Waals surface area contributed by atoms with E-state index in [0.29, 0.717) is 0 Å². The van der Waals surface area contributed by atoms with Gasteiger partial charge in [-0.25, -0.2) is 28.2 Å². The van der Waals surface area contributed by atoms with Crippen LogP contribution in [-0.2, 0) is 41.3 Å². The number of H-pyrrole nitrogens is 2. The van der Waals surface area contributed by atoms with Crippen molar-refractivity contribution in [1.29, 1.82) is 0 Å². The number of nitrogens with one attached hydrogen (secondary N) is 2. The zero-order chi connectivity index (χ0) is 38.1. The first-order valence-corrected chi connectivity index (χ1v) is 20.9. The Bertz CT molecular complexity index is 2420. The molecule has 9 rings (SSSR count). The number of hydrogen-bond donors (Lipinski definition) is 2. The Hall–Kier alpha value is -5.70. The van der Waals surface area contributed by atoms with Gasteiger partial charge >= 0.3 is 33.3 Å². The second-order valence-electron chi connectivity index (χ2n) is 13.6. The second-order valence-corrected chi connectivity index (χ2v) is 15.5. The Kier molecular flexibility index (Phi) is 10.3. The van der Waals surface area contributed by atoms with Crippen LogP contribution in [0, 0.1) is 0 Å². The van der Waals surface area contributed by atoms with Gasteiger partial charge in [-0.1, -0.05) is 0 Å². The van der Waals surface area contributed by atoms with Crippen LogP contribution in [0.1, 0.15) is 28.5 Å². The molecule has 279 valence electrons. The first-order valence-electron chi connectivity index (χ1n) is 17.7. The molecular formula is C44H46Cl2MnN8+4. The summed E-state index contributed by atoms with van der Waals surface area (Å²) in [6.45, 7) is 0. The van der Waals surface area contributed by atoms with Crippen LogP contribution < -0.4 is 18.3 Å². The molecule has 7 aromatic rings. The minimum absolute atomic E-state index is 0. The Labute approximate surface area is 339 Å². The van der Waals surface area contributed by atoms with E-state index in [1.807, 2.05) is 46.5 Å². The standard InChI is InChI=1S/C44H37N8.2ClH.Mn.4H2/c1-49-21-13-29(14-22-49)41-33-5-7-35(45-33)42(30-15-23-50(2)24-16-30)37-9-11-39(47-37)44(32-19-27-52(4)28-20-32)40-12-10-38(48-40)43(36-8-6-34(41)46-36)31-17-25-51(3)26-18-31;;;;;;;/h5-28H,1-4H3,(H,45,46,47,48);2*1H;;4*1H/q+3;;;+2;;;;/p-1/i;;;;4*1+2. The molecule has 0 saturated carbocycles. The third-order valence-electron chi connectivity index (χ3n) is 9.82. The van der Waals surface area contributed by atoms with Gasteiger partial charge in [-0.3, -0.25) is 0 Å². The Morgan fingerprint density at radius 2 is 0.600 bits per heavy atom. The number of pyridine rings is 4. The van der Waals surface area contributed by atoms with Gasteiger partial charge in [-0.2, -0.15) is 0 Å². The van der Waals surface area contributed by atoms with Crippen molar-refractivity contribution in [1.82, 2.24) is 19.9 Å². The molecule has 0 aromatic carbocycles. The predicted octanol–water partition coefficient (Wildman–Crippen LogP) is 8.98. The van der Waals surface area contributed by atoms with Crippen molar-refractivity contribution >= 4 is 66.6 Å². The van der Waals surface area contributed by atoms with E-state index in [9.17, 15) is 0 Å². The molecule has 0 spiro atoms. The van der Waals surface area contributed by atoms with Gasteiger partial charge in [-0.15, -0.1) is 0 Å². The summed E-state index contributed by atoms with van der Waals surface area (Å²) in [7, 11) is 17.7. The van der Waals surface area contributed by atoms with Crippen molar-refractivity contribution in [3.05, 3.63) is 145 Å². The second kappa shape index (κ2) is 15.6. The van der Waals surface area contributed by atoms with E-state index in [1.54, 1.807) is 0 Å². The molecular weight excluding hydrogens is 766 g/mol. The van der Waals surface area contributed by atoms with Crippen molar-refractivity contribution in [2.45, 2.75) is 0 Å². The molecule has 55 heavy (non-hydrogen) atoms. The van der Waals surface area contributed by atoms with Crippen LogP contribution in [0.3, 0.4) is 0 Å². The van der Waals surface area contributed by atoms with Gasteiger partial charge in [0, 0.05) is 98.6 Å². The normalized spacial score (nSPS) is 11.7. The van der Waals surface area contributed by atoms with Crippen LogP contribution in [0.2, 0.25) is 0 Å². The van der Waals surface area contributed by atoms with E-state index in [1.165, 1.54) is 0 Å². The van der Waals surface area contributed by atoms with Gasteiger partial charge < -0.3 is 9.97 Å². The van der Waals surface area contributed by atoms with Gasteiger partial charge in [-0.05, 0) is 70.8 Å². The number of rotatable bonds is 4. The van der Waals surface area contributed by atoms with Crippen LogP contribution in [0.15, 0.2) is 122 Å². The Morgan fingerprint density at radius 3 is 0.800 bits per heavy atom. The molecule has 0 unspecified atom stereocenters. The van der Waals surface area contributed by atoms with E-state index in [0.717, 1.165) is 89.4 Å². The molecule has 7 aromatic heterocycles. The zero-order valence-electron chi connectivity index (χ0n) is 30.7. The summed E-state index contributed by atoms with van der Waals surface area (Å²) in [5, 5.41) is 0. The molecule has 0 atom stereocenters. The molecule has 2 N–H and O–H groups in total. The van der Waals surface area contributed by atoms with Gasteiger partial charge in [0.2, 0.25) is 0 Å². The van der Waals surface area contributed by atoms with Crippen molar-refractivity contribution < 1.29 is 37.1 Å². The third kappa shape index (κ3) is 7.40. The average Bonchev–Trinajstić information content (AvgIpc) is 4.03. The summed E-state index contributed by atoms with van der Waals surface area (Å²) in [4.78, 5) is 18.4.